The summed E-state index contributed by atoms with van der Waals surface area (Å²) in [5.41, 5.74) is 0.624. The summed E-state index contributed by atoms with van der Waals surface area (Å²) in [7, 11) is 1.66. The number of aromatic nitrogens is 5. The van der Waals surface area contributed by atoms with Crippen LogP contribution in [0.15, 0.2) is 21.0 Å². The number of nitrogens with one attached hydrogen (secondary N) is 2. The maximum atomic E-state index is 11.3. The van der Waals surface area contributed by atoms with Crippen LogP contribution in [0.2, 0.25) is 0 Å². The minimum atomic E-state index is -0.241. The van der Waals surface area contributed by atoms with Gasteiger partial charge in [0.25, 0.3) is 0 Å². The van der Waals surface area contributed by atoms with Crippen LogP contribution in [0, 0.1) is 6.92 Å². The molecule has 7 nitrogen and oxygen atoms in total. The van der Waals surface area contributed by atoms with Crippen molar-refractivity contribution in [1.82, 2.24) is 24.7 Å². The Balaban J connectivity index is 2.28. The molecule has 0 radical (unpaired) electrons. The van der Waals surface area contributed by atoms with E-state index in [-0.39, 0.29) is 5.69 Å². The topological polar surface area (TPSA) is 88.5 Å². The maximum Gasteiger partial charge on any atom is 0.343 e. The molecule has 0 fully saturated rings. The lowest BCUT2D eigenvalue weighted by atomic mass is 10.5. The van der Waals surface area contributed by atoms with Gasteiger partial charge < -0.3 is 5.32 Å². The van der Waals surface area contributed by atoms with E-state index in [9.17, 15) is 4.79 Å². The molecule has 8 heteroatoms. The lowest BCUT2D eigenvalue weighted by Gasteiger charge is -2.05. The summed E-state index contributed by atoms with van der Waals surface area (Å²) in [6, 6.07) is 1.85. The van der Waals surface area contributed by atoms with Gasteiger partial charge in [0, 0.05) is 19.3 Å². The van der Waals surface area contributed by atoms with Crippen molar-refractivity contribution in [3.63, 3.8) is 0 Å². The average Bonchev–Trinajstić information content (AvgIpc) is 2.61. The second-order valence-corrected chi connectivity index (χ2v) is 4.66. The van der Waals surface area contributed by atoms with Crippen LogP contribution in [-0.4, -0.2) is 31.3 Å². The van der Waals surface area contributed by atoms with E-state index >= 15 is 0 Å². The van der Waals surface area contributed by atoms with Gasteiger partial charge in [-0.25, -0.2) is 19.9 Å². The van der Waals surface area contributed by atoms with Gasteiger partial charge in [-0.05, 0) is 31.7 Å². The van der Waals surface area contributed by atoms with Crippen molar-refractivity contribution < 1.29 is 0 Å². The summed E-state index contributed by atoms with van der Waals surface area (Å²) in [6.07, 6.45) is 0. The number of hydrogen-bond acceptors (Lipinski definition) is 6. The van der Waals surface area contributed by atoms with Gasteiger partial charge in [-0.1, -0.05) is 0 Å². The molecule has 2 heterocycles. The first-order valence-electron chi connectivity index (χ1n) is 5.49. The van der Waals surface area contributed by atoms with E-state index in [1.165, 1.54) is 16.3 Å². The van der Waals surface area contributed by atoms with Crippen LogP contribution in [0.3, 0.4) is 0 Å². The molecule has 2 aromatic rings. The first kappa shape index (κ1) is 12.6. The van der Waals surface area contributed by atoms with Crippen molar-refractivity contribution in [2.45, 2.75) is 24.0 Å². The third-order valence-electron chi connectivity index (χ3n) is 2.20. The normalized spacial score (nSPS) is 10.6. The number of nitrogens with zero attached hydrogens (tertiary/aromatic N) is 4. The molecule has 0 atom stereocenters. The van der Waals surface area contributed by atoms with E-state index in [1.54, 1.807) is 7.05 Å². The molecule has 0 spiro atoms. The van der Waals surface area contributed by atoms with Crippen LogP contribution in [-0.2, 0) is 7.05 Å². The van der Waals surface area contributed by atoms with E-state index in [0.717, 1.165) is 17.3 Å². The SMILES string of the molecule is CCNc1nc(C)cc(Sc2n[nH]c(=O)n2C)n1. The van der Waals surface area contributed by atoms with Crippen molar-refractivity contribution in [3.05, 3.63) is 22.2 Å². The van der Waals surface area contributed by atoms with Gasteiger partial charge >= 0.3 is 5.69 Å². The highest BCUT2D eigenvalue weighted by molar-refractivity contribution is 7.99. The van der Waals surface area contributed by atoms with Crippen LogP contribution in [0.25, 0.3) is 0 Å². The third kappa shape index (κ3) is 2.70. The van der Waals surface area contributed by atoms with E-state index < -0.39 is 0 Å². The number of H-pyrrole nitrogens is 1. The molecule has 0 aromatic carbocycles. The van der Waals surface area contributed by atoms with Crippen LogP contribution >= 0.6 is 11.8 Å². The molecule has 0 saturated carbocycles. The highest BCUT2D eigenvalue weighted by Crippen LogP contribution is 2.23. The molecule has 96 valence electrons. The Hall–Kier alpha value is -1.83. The monoisotopic (exact) mass is 266 g/mol. The lowest BCUT2D eigenvalue weighted by Crippen LogP contribution is -2.12. The zero-order valence-electron chi connectivity index (χ0n) is 10.4. The Morgan fingerprint density at radius 2 is 2.28 bits per heavy atom. The summed E-state index contributed by atoms with van der Waals surface area (Å²) in [4.78, 5) is 19.9. The highest BCUT2D eigenvalue weighted by atomic mass is 32.2. The molecule has 0 unspecified atom stereocenters. The zero-order valence-corrected chi connectivity index (χ0v) is 11.2. The van der Waals surface area contributed by atoms with Crippen LogP contribution < -0.4 is 11.0 Å². The Kier molecular flexibility index (Phi) is 3.66. The van der Waals surface area contributed by atoms with Gasteiger partial charge in [0.15, 0.2) is 5.16 Å². The smallest absolute Gasteiger partial charge is 0.343 e. The number of aryl methyl sites for hydroxylation is 1. The van der Waals surface area contributed by atoms with Crippen LogP contribution in [0.5, 0.6) is 0 Å². The van der Waals surface area contributed by atoms with Crippen LogP contribution in [0.1, 0.15) is 12.6 Å². The van der Waals surface area contributed by atoms with E-state index in [0.29, 0.717) is 11.1 Å². The standard InChI is InChI=1S/C10H14N6OS/c1-4-11-8-12-6(2)5-7(13-8)18-10-15-14-9(17)16(10)3/h5H,4H2,1-3H3,(H,14,17)(H,11,12,13). The Labute approximate surface area is 108 Å². The zero-order chi connectivity index (χ0) is 13.1. The molecular weight excluding hydrogens is 252 g/mol. The average molecular weight is 266 g/mol. The predicted octanol–water partition coefficient (Wildman–Crippen LogP) is 0.790. The lowest BCUT2D eigenvalue weighted by molar-refractivity contribution is 0.764. The second-order valence-electron chi connectivity index (χ2n) is 3.67. The molecule has 0 bridgehead atoms. The molecule has 0 saturated heterocycles. The van der Waals surface area contributed by atoms with Gasteiger partial charge in [0.2, 0.25) is 5.95 Å². The second kappa shape index (κ2) is 5.21. The fourth-order valence-corrected chi connectivity index (χ4v) is 2.21. The minimum Gasteiger partial charge on any atom is -0.354 e. The first-order chi connectivity index (χ1) is 8.60. The van der Waals surface area contributed by atoms with Crippen molar-refractivity contribution in [1.29, 1.82) is 0 Å². The fraction of sp³-hybridized carbons (Fsp3) is 0.400. The Bertz CT molecular complexity index is 605. The van der Waals surface area contributed by atoms with Crippen LogP contribution in [0.4, 0.5) is 5.95 Å². The van der Waals surface area contributed by atoms with Gasteiger partial charge in [0.1, 0.15) is 5.03 Å². The van der Waals surface area contributed by atoms with Gasteiger partial charge in [-0.15, -0.1) is 5.10 Å². The Morgan fingerprint density at radius 1 is 1.50 bits per heavy atom. The third-order valence-corrected chi connectivity index (χ3v) is 3.17. The number of rotatable bonds is 4. The molecule has 2 N–H and O–H groups in total. The molecule has 18 heavy (non-hydrogen) atoms. The summed E-state index contributed by atoms with van der Waals surface area (Å²) < 4.78 is 1.44. The molecule has 0 amide bonds. The van der Waals surface area contributed by atoms with Gasteiger partial charge in [-0.2, -0.15) is 0 Å². The quantitative estimate of drug-likeness (QED) is 0.795. The van der Waals surface area contributed by atoms with Crippen molar-refractivity contribution in [2.24, 2.45) is 7.05 Å². The highest BCUT2D eigenvalue weighted by Gasteiger charge is 2.09. The first-order valence-corrected chi connectivity index (χ1v) is 6.30. The Morgan fingerprint density at radius 3 is 2.89 bits per heavy atom. The largest absolute Gasteiger partial charge is 0.354 e. The molecule has 2 rings (SSSR count). The number of hydrogen-bond donors (Lipinski definition) is 2. The van der Waals surface area contributed by atoms with Crippen molar-refractivity contribution >= 4 is 17.7 Å². The summed E-state index contributed by atoms with van der Waals surface area (Å²) in [5, 5.41) is 10.7. The number of aromatic amines is 1. The number of anilines is 1. The fourth-order valence-electron chi connectivity index (χ4n) is 1.35. The molecule has 0 aliphatic carbocycles. The van der Waals surface area contributed by atoms with Gasteiger partial charge in [-0.3, -0.25) is 4.57 Å². The summed E-state index contributed by atoms with van der Waals surface area (Å²) in [5.74, 6) is 0.584. The van der Waals surface area contributed by atoms with E-state index in [1.807, 2.05) is 19.9 Å². The molecular formula is C10H14N6OS. The minimum absolute atomic E-state index is 0.241. The van der Waals surface area contributed by atoms with E-state index in [4.69, 9.17) is 0 Å². The van der Waals surface area contributed by atoms with Gasteiger partial charge in [0.05, 0.1) is 0 Å². The molecule has 0 aliphatic rings. The van der Waals surface area contributed by atoms with Crippen molar-refractivity contribution in [2.75, 3.05) is 11.9 Å². The maximum absolute atomic E-state index is 11.3. The van der Waals surface area contributed by atoms with E-state index in [2.05, 4.69) is 25.5 Å². The molecule has 2 aromatic heterocycles. The molecule has 0 aliphatic heterocycles. The van der Waals surface area contributed by atoms with Crippen molar-refractivity contribution in [3.8, 4) is 0 Å². The summed E-state index contributed by atoms with van der Waals surface area (Å²) in [6.45, 7) is 4.64. The summed E-state index contributed by atoms with van der Waals surface area (Å²) >= 11 is 1.32. The predicted molar refractivity (Wildman–Crippen MR) is 68.9 cm³/mol.